The van der Waals surface area contributed by atoms with Gasteiger partial charge in [0.25, 0.3) is 0 Å². The van der Waals surface area contributed by atoms with Gasteiger partial charge in [0.2, 0.25) is 15.9 Å². The summed E-state index contributed by atoms with van der Waals surface area (Å²) >= 11 is 0. The fourth-order valence-corrected chi connectivity index (χ4v) is 5.09. The van der Waals surface area contributed by atoms with E-state index in [0.717, 1.165) is 37.0 Å². The second kappa shape index (κ2) is 7.80. The minimum atomic E-state index is -3.27. The van der Waals surface area contributed by atoms with E-state index in [0.29, 0.717) is 13.0 Å². The lowest BCUT2D eigenvalue weighted by molar-refractivity contribution is -0.127. The first-order valence-electron chi connectivity index (χ1n) is 9.81. The highest BCUT2D eigenvalue weighted by Crippen LogP contribution is 2.42. The predicted molar refractivity (Wildman–Crippen MR) is 105 cm³/mol. The Labute approximate surface area is 162 Å². The Kier molecular flexibility index (Phi) is 5.82. The SMILES string of the molecule is CCC1(CC)C[C@@H](NC(=O)[C@H]2CCCN(S(C)(=O)=O)C2)c2ccccc2O1. The first-order chi connectivity index (χ1) is 12.8. The Morgan fingerprint density at radius 2 is 2.00 bits per heavy atom. The largest absolute Gasteiger partial charge is 0.487 e. The molecule has 0 unspecified atom stereocenters. The van der Waals surface area contributed by atoms with Crippen molar-refractivity contribution in [3.05, 3.63) is 29.8 Å². The summed E-state index contributed by atoms with van der Waals surface area (Å²) in [4.78, 5) is 13.0. The predicted octanol–water partition coefficient (Wildman–Crippen LogP) is 2.86. The highest BCUT2D eigenvalue weighted by molar-refractivity contribution is 7.88. The molecule has 6 nitrogen and oxygen atoms in total. The van der Waals surface area contributed by atoms with Gasteiger partial charge in [-0.2, -0.15) is 0 Å². The van der Waals surface area contributed by atoms with E-state index < -0.39 is 10.0 Å². The van der Waals surface area contributed by atoms with Crippen LogP contribution in [-0.2, 0) is 14.8 Å². The van der Waals surface area contributed by atoms with Gasteiger partial charge in [-0.1, -0.05) is 32.0 Å². The molecule has 27 heavy (non-hydrogen) atoms. The third-order valence-electron chi connectivity index (χ3n) is 6.03. The topological polar surface area (TPSA) is 75.7 Å². The molecule has 2 aliphatic heterocycles. The van der Waals surface area contributed by atoms with Crippen LogP contribution in [0.15, 0.2) is 24.3 Å². The summed E-state index contributed by atoms with van der Waals surface area (Å²) in [6.45, 7) is 4.99. The highest BCUT2D eigenvalue weighted by Gasteiger charge is 2.40. The number of benzene rings is 1. The van der Waals surface area contributed by atoms with Crippen molar-refractivity contribution in [2.75, 3.05) is 19.3 Å². The van der Waals surface area contributed by atoms with E-state index in [1.165, 1.54) is 10.6 Å². The van der Waals surface area contributed by atoms with Crippen molar-refractivity contribution in [3.8, 4) is 5.75 Å². The number of sulfonamides is 1. The van der Waals surface area contributed by atoms with Crippen molar-refractivity contribution in [2.24, 2.45) is 5.92 Å². The molecule has 0 radical (unpaired) electrons. The number of para-hydroxylation sites is 1. The number of carbonyl (C=O) groups excluding carboxylic acids is 1. The van der Waals surface area contributed by atoms with Gasteiger partial charge in [0.15, 0.2) is 0 Å². The lowest BCUT2D eigenvalue weighted by Crippen LogP contribution is -2.48. The molecule has 1 amide bonds. The van der Waals surface area contributed by atoms with Gasteiger partial charge < -0.3 is 10.1 Å². The molecular weight excluding hydrogens is 364 g/mol. The van der Waals surface area contributed by atoms with Crippen LogP contribution in [0.5, 0.6) is 5.75 Å². The standard InChI is InChI=1S/C20H30N2O4S/c1-4-20(5-2)13-17(16-10-6-7-11-18(16)26-20)21-19(23)15-9-8-12-22(14-15)27(3,24)25/h6-7,10-11,15,17H,4-5,8-9,12-14H2,1-3H3,(H,21,23)/t15-,17+/m0/s1. The van der Waals surface area contributed by atoms with Crippen molar-refractivity contribution in [3.63, 3.8) is 0 Å². The zero-order chi connectivity index (χ0) is 19.7. The zero-order valence-electron chi connectivity index (χ0n) is 16.4. The molecule has 2 atom stereocenters. The van der Waals surface area contributed by atoms with Gasteiger partial charge in [0, 0.05) is 25.1 Å². The van der Waals surface area contributed by atoms with Crippen molar-refractivity contribution >= 4 is 15.9 Å². The fourth-order valence-electron chi connectivity index (χ4n) is 4.18. The third-order valence-corrected chi connectivity index (χ3v) is 7.30. The van der Waals surface area contributed by atoms with Crippen LogP contribution in [0.3, 0.4) is 0 Å². The second-order valence-corrected chi connectivity index (χ2v) is 9.74. The molecule has 1 N–H and O–H groups in total. The summed E-state index contributed by atoms with van der Waals surface area (Å²) in [6, 6.07) is 7.75. The van der Waals surface area contributed by atoms with Crippen LogP contribution >= 0.6 is 0 Å². The van der Waals surface area contributed by atoms with Crippen LogP contribution < -0.4 is 10.1 Å². The Hall–Kier alpha value is -1.60. The summed E-state index contributed by atoms with van der Waals surface area (Å²) in [5.41, 5.74) is 0.719. The minimum Gasteiger partial charge on any atom is -0.487 e. The number of ether oxygens (including phenoxy) is 1. The molecule has 1 aromatic carbocycles. The molecule has 1 fully saturated rings. The first-order valence-corrected chi connectivity index (χ1v) is 11.7. The number of hydrogen-bond acceptors (Lipinski definition) is 4. The molecule has 0 bridgehead atoms. The molecule has 2 heterocycles. The van der Waals surface area contributed by atoms with Gasteiger partial charge in [0.05, 0.1) is 18.2 Å². The van der Waals surface area contributed by atoms with Gasteiger partial charge in [0.1, 0.15) is 11.4 Å². The van der Waals surface area contributed by atoms with Gasteiger partial charge in [-0.05, 0) is 31.7 Å². The molecule has 3 rings (SSSR count). The van der Waals surface area contributed by atoms with Crippen molar-refractivity contribution in [2.45, 2.75) is 57.6 Å². The van der Waals surface area contributed by atoms with Crippen LogP contribution in [-0.4, -0.2) is 43.6 Å². The molecule has 0 saturated carbocycles. The summed E-state index contributed by atoms with van der Waals surface area (Å²) in [5, 5.41) is 3.20. The number of carbonyl (C=O) groups is 1. The van der Waals surface area contributed by atoms with Crippen LogP contribution in [0.1, 0.15) is 57.6 Å². The molecule has 0 spiro atoms. The van der Waals surface area contributed by atoms with E-state index in [4.69, 9.17) is 4.74 Å². The number of hydrogen-bond donors (Lipinski definition) is 1. The van der Waals surface area contributed by atoms with Crippen LogP contribution in [0.4, 0.5) is 0 Å². The summed E-state index contributed by atoms with van der Waals surface area (Å²) in [5.74, 6) is 0.464. The Balaban J connectivity index is 1.78. The van der Waals surface area contributed by atoms with Crippen molar-refractivity contribution in [1.29, 1.82) is 0 Å². The highest BCUT2D eigenvalue weighted by atomic mass is 32.2. The summed E-state index contributed by atoms with van der Waals surface area (Å²) < 4.78 is 31.4. The number of amides is 1. The van der Waals surface area contributed by atoms with E-state index in [2.05, 4.69) is 19.2 Å². The number of piperidine rings is 1. The maximum Gasteiger partial charge on any atom is 0.224 e. The second-order valence-electron chi connectivity index (χ2n) is 7.76. The van der Waals surface area contributed by atoms with E-state index in [-0.39, 0.29) is 30.0 Å². The monoisotopic (exact) mass is 394 g/mol. The van der Waals surface area contributed by atoms with Crippen molar-refractivity contribution in [1.82, 2.24) is 9.62 Å². The third kappa shape index (κ3) is 4.29. The number of rotatable bonds is 5. The van der Waals surface area contributed by atoms with E-state index >= 15 is 0 Å². The fraction of sp³-hybridized carbons (Fsp3) is 0.650. The quantitative estimate of drug-likeness (QED) is 0.833. The van der Waals surface area contributed by atoms with Crippen LogP contribution in [0.25, 0.3) is 0 Å². The van der Waals surface area contributed by atoms with E-state index in [9.17, 15) is 13.2 Å². The molecule has 1 aromatic rings. The molecule has 0 aliphatic carbocycles. The van der Waals surface area contributed by atoms with Crippen LogP contribution in [0.2, 0.25) is 0 Å². The van der Waals surface area contributed by atoms with Gasteiger partial charge in [-0.25, -0.2) is 12.7 Å². The average Bonchev–Trinajstić information content (AvgIpc) is 2.67. The average molecular weight is 395 g/mol. The first kappa shape index (κ1) is 20.1. The summed E-state index contributed by atoms with van der Waals surface area (Å²) in [7, 11) is -3.27. The molecule has 7 heteroatoms. The Morgan fingerprint density at radius 3 is 2.67 bits per heavy atom. The number of nitrogens with zero attached hydrogens (tertiary/aromatic N) is 1. The molecule has 150 valence electrons. The molecule has 2 aliphatic rings. The summed E-state index contributed by atoms with van der Waals surface area (Å²) in [6.07, 6.45) is 5.11. The molecular formula is C20H30N2O4S. The number of nitrogens with one attached hydrogen (secondary N) is 1. The van der Waals surface area contributed by atoms with E-state index in [1.807, 2.05) is 24.3 Å². The minimum absolute atomic E-state index is 0.0637. The lowest BCUT2D eigenvalue weighted by atomic mass is 9.83. The Bertz CT molecular complexity index is 789. The zero-order valence-corrected chi connectivity index (χ0v) is 17.2. The van der Waals surface area contributed by atoms with Gasteiger partial charge >= 0.3 is 0 Å². The van der Waals surface area contributed by atoms with Gasteiger partial charge in [-0.3, -0.25) is 4.79 Å². The van der Waals surface area contributed by atoms with Crippen LogP contribution in [0, 0.1) is 5.92 Å². The van der Waals surface area contributed by atoms with E-state index in [1.54, 1.807) is 0 Å². The maximum absolute atomic E-state index is 13.0. The maximum atomic E-state index is 13.0. The lowest BCUT2D eigenvalue weighted by Gasteiger charge is -2.42. The molecule has 1 saturated heterocycles. The molecule has 0 aromatic heterocycles. The number of fused-ring (bicyclic) bond motifs is 1. The smallest absolute Gasteiger partial charge is 0.224 e. The van der Waals surface area contributed by atoms with Gasteiger partial charge in [-0.15, -0.1) is 0 Å². The Morgan fingerprint density at radius 1 is 1.30 bits per heavy atom. The normalized spacial score (nSPS) is 25.3. The van der Waals surface area contributed by atoms with Crippen molar-refractivity contribution < 1.29 is 17.9 Å².